The zero-order chi connectivity index (χ0) is 29.9. The zero-order valence-electron chi connectivity index (χ0n) is 23.1. The molecule has 0 spiro atoms. The quantitative estimate of drug-likeness (QED) is 0.212. The van der Waals surface area contributed by atoms with Gasteiger partial charge in [0.2, 0.25) is 5.95 Å². The van der Waals surface area contributed by atoms with E-state index in [0.717, 1.165) is 36.8 Å². The first-order valence-corrected chi connectivity index (χ1v) is 13.4. The summed E-state index contributed by atoms with van der Waals surface area (Å²) in [7, 11) is 0. The molecule has 7 nitrogen and oxygen atoms in total. The Labute approximate surface area is 240 Å². The summed E-state index contributed by atoms with van der Waals surface area (Å²) in [5, 5.41) is 5.71. The van der Waals surface area contributed by atoms with E-state index in [2.05, 4.69) is 36.3 Å². The number of hydrogen-bond donors (Lipinski definition) is 2. The maximum Gasteiger partial charge on any atom is 0.573 e. The van der Waals surface area contributed by atoms with Gasteiger partial charge in [0.1, 0.15) is 11.6 Å². The van der Waals surface area contributed by atoms with E-state index in [1.54, 1.807) is 6.92 Å². The highest BCUT2D eigenvalue weighted by atomic mass is 19.4. The monoisotopic (exact) mass is 579 g/mol. The largest absolute Gasteiger partial charge is 0.573 e. The van der Waals surface area contributed by atoms with Gasteiger partial charge in [0.15, 0.2) is 0 Å². The number of carbonyl (C=O) groups excluding carboxylic acids is 1. The van der Waals surface area contributed by atoms with Crippen LogP contribution in [-0.4, -0.2) is 40.2 Å². The summed E-state index contributed by atoms with van der Waals surface area (Å²) in [6, 6.07) is 15.3. The van der Waals surface area contributed by atoms with E-state index in [1.165, 1.54) is 55.4 Å². The molecule has 4 aromatic rings. The Morgan fingerprint density at radius 1 is 0.952 bits per heavy atom. The Balaban J connectivity index is 1.28. The molecule has 0 radical (unpaired) electrons. The molecule has 1 saturated heterocycles. The zero-order valence-corrected chi connectivity index (χ0v) is 23.1. The van der Waals surface area contributed by atoms with E-state index in [1.807, 2.05) is 19.1 Å². The second-order valence-corrected chi connectivity index (χ2v) is 10.2. The van der Waals surface area contributed by atoms with Crippen molar-refractivity contribution in [3.63, 3.8) is 0 Å². The maximum atomic E-state index is 15.1. The molecule has 0 saturated carbocycles. The highest BCUT2D eigenvalue weighted by molar-refractivity contribution is 6.05. The third-order valence-electron chi connectivity index (χ3n) is 6.97. The van der Waals surface area contributed by atoms with E-state index >= 15 is 4.39 Å². The van der Waals surface area contributed by atoms with Crippen LogP contribution in [0.5, 0.6) is 5.75 Å². The van der Waals surface area contributed by atoms with Gasteiger partial charge in [-0.3, -0.25) is 9.69 Å². The fourth-order valence-electron chi connectivity index (χ4n) is 4.78. The molecule has 0 atom stereocenters. The van der Waals surface area contributed by atoms with Gasteiger partial charge in [-0.2, -0.15) is 0 Å². The van der Waals surface area contributed by atoms with Crippen molar-refractivity contribution in [2.24, 2.45) is 0 Å². The molecule has 0 aliphatic carbocycles. The van der Waals surface area contributed by atoms with Crippen molar-refractivity contribution in [3.8, 4) is 17.0 Å². The number of nitrogens with zero attached hydrogens (tertiary/aromatic N) is 3. The Bertz CT molecular complexity index is 1590. The topological polar surface area (TPSA) is 79.4 Å². The van der Waals surface area contributed by atoms with Gasteiger partial charge in [-0.1, -0.05) is 12.1 Å². The van der Waals surface area contributed by atoms with Crippen LogP contribution in [-0.2, 0) is 6.54 Å². The van der Waals surface area contributed by atoms with Crippen molar-refractivity contribution >= 4 is 23.2 Å². The molecule has 0 bridgehead atoms. The normalized spacial score (nSPS) is 13.7. The van der Waals surface area contributed by atoms with Gasteiger partial charge in [0.25, 0.3) is 5.91 Å². The number of hydrogen-bond acceptors (Lipinski definition) is 6. The minimum absolute atomic E-state index is 0.0547. The van der Waals surface area contributed by atoms with Crippen molar-refractivity contribution in [1.82, 2.24) is 14.9 Å². The number of alkyl halides is 3. The molecular formula is C31H29F4N5O2. The number of benzene rings is 3. The van der Waals surface area contributed by atoms with E-state index < -0.39 is 18.1 Å². The lowest BCUT2D eigenvalue weighted by Gasteiger charge is -2.16. The van der Waals surface area contributed by atoms with Crippen LogP contribution in [0, 0.1) is 19.7 Å². The van der Waals surface area contributed by atoms with Gasteiger partial charge in [-0.25, -0.2) is 14.4 Å². The summed E-state index contributed by atoms with van der Waals surface area (Å²) < 4.78 is 56.4. The standard InChI is InChI=1S/C31H29F4N5O2/c1-19-5-6-21(18-40-13-3-4-14-40)15-27(19)37-29(41)23-9-12-26(25(32)16-23)38-30-36-17-20(2)28(39-30)22-7-10-24(11-8-22)42-31(33,34)35/h5-12,15-17H,3-4,13-14,18H2,1-2H3,(H,37,41)(H,36,38,39). The Morgan fingerprint density at radius 2 is 1.69 bits per heavy atom. The van der Waals surface area contributed by atoms with Crippen LogP contribution >= 0.6 is 0 Å². The number of anilines is 3. The van der Waals surface area contributed by atoms with E-state index in [-0.39, 0.29) is 22.9 Å². The first-order chi connectivity index (χ1) is 20.0. The first kappa shape index (κ1) is 29.0. The fourth-order valence-corrected chi connectivity index (χ4v) is 4.78. The van der Waals surface area contributed by atoms with Crippen LogP contribution in [0.1, 0.15) is 39.9 Å². The summed E-state index contributed by atoms with van der Waals surface area (Å²) in [6.45, 7) is 6.61. The maximum absolute atomic E-state index is 15.1. The second kappa shape index (κ2) is 12.2. The molecule has 1 aliphatic heterocycles. The third kappa shape index (κ3) is 7.22. The van der Waals surface area contributed by atoms with Gasteiger partial charge in [-0.15, -0.1) is 13.2 Å². The smallest absolute Gasteiger partial charge is 0.406 e. The van der Waals surface area contributed by atoms with Crippen LogP contribution in [0.3, 0.4) is 0 Å². The van der Waals surface area contributed by atoms with Crippen LogP contribution in [0.2, 0.25) is 0 Å². The Kier molecular flexibility index (Phi) is 8.39. The average Bonchev–Trinajstić information content (AvgIpc) is 3.45. The predicted molar refractivity (Wildman–Crippen MR) is 152 cm³/mol. The third-order valence-corrected chi connectivity index (χ3v) is 6.97. The molecule has 1 fully saturated rings. The number of amides is 1. The van der Waals surface area contributed by atoms with Crippen LogP contribution < -0.4 is 15.4 Å². The van der Waals surface area contributed by atoms with Crippen LogP contribution in [0.25, 0.3) is 11.3 Å². The lowest BCUT2D eigenvalue weighted by molar-refractivity contribution is -0.274. The molecule has 11 heteroatoms. The van der Waals surface area contributed by atoms with Crippen molar-refractivity contribution in [1.29, 1.82) is 0 Å². The molecule has 1 amide bonds. The number of likely N-dealkylation sites (tertiary alicyclic amines) is 1. The number of nitrogens with one attached hydrogen (secondary N) is 2. The Hall–Kier alpha value is -4.51. The number of carbonyl (C=O) groups is 1. The average molecular weight is 580 g/mol. The van der Waals surface area contributed by atoms with E-state index in [4.69, 9.17) is 0 Å². The van der Waals surface area contributed by atoms with Gasteiger partial charge < -0.3 is 15.4 Å². The van der Waals surface area contributed by atoms with Crippen molar-refractivity contribution in [3.05, 3.63) is 94.9 Å². The van der Waals surface area contributed by atoms with Gasteiger partial charge in [-0.05, 0) is 105 Å². The van der Waals surface area contributed by atoms with Crippen LogP contribution in [0.15, 0.2) is 66.9 Å². The van der Waals surface area contributed by atoms with Gasteiger partial charge >= 0.3 is 6.36 Å². The highest BCUT2D eigenvalue weighted by Crippen LogP contribution is 2.29. The number of aromatic nitrogens is 2. The molecular weight excluding hydrogens is 550 g/mol. The van der Waals surface area contributed by atoms with Crippen molar-refractivity contribution in [2.45, 2.75) is 39.6 Å². The van der Waals surface area contributed by atoms with E-state index in [9.17, 15) is 18.0 Å². The molecule has 2 N–H and O–H groups in total. The molecule has 5 rings (SSSR count). The molecule has 2 heterocycles. The van der Waals surface area contributed by atoms with Crippen molar-refractivity contribution < 1.29 is 27.1 Å². The summed E-state index contributed by atoms with van der Waals surface area (Å²) in [4.78, 5) is 24.0. The predicted octanol–water partition coefficient (Wildman–Crippen LogP) is 7.39. The lowest BCUT2D eigenvalue weighted by atomic mass is 10.1. The molecule has 1 aliphatic rings. The summed E-state index contributed by atoms with van der Waals surface area (Å²) in [6.07, 6.45) is -0.881. The number of aryl methyl sites for hydroxylation is 2. The minimum Gasteiger partial charge on any atom is -0.406 e. The molecule has 42 heavy (non-hydrogen) atoms. The highest BCUT2D eigenvalue weighted by Gasteiger charge is 2.31. The minimum atomic E-state index is -4.79. The van der Waals surface area contributed by atoms with Gasteiger partial charge in [0, 0.05) is 29.6 Å². The van der Waals surface area contributed by atoms with E-state index in [0.29, 0.717) is 22.5 Å². The molecule has 0 unspecified atom stereocenters. The van der Waals surface area contributed by atoms with Crippen molar-refractivity contribution in [2.75, 3.05) is 23.7 Å². The second-order valence-electron chi connectivity index (χ2n) is 10.2. The summed E-state index contributed by atoms with van der Waals surface area (Å²) in [5.41, 5.74) is 4.53. The van der Waals surface area contributed by atoms with Crippen LogP contribution in [0.4, 0.5) is 34.9 Å². The summed E-state index contributed by atoms with van der Waals surface area (Å²) >= 11 is 0. The SMILES string of the molecule is Cc1ccc(CN2CCCC2)cc1NC(=O)c1ccc(Nc2ncc(C)c(-c3ccc(OC(F)(F)F)cc3)n2)c(F)c1. The first-order valence-electron chi connectivity index (χ1n) is 13.4. The lowest BCUT2D eigenvalue weighted by Crippen LogP contribution is -2.19. The van der Waals surface area contributed by atoms with Gasteiger partial charge in [0.05, 0.1) is 11.4 Å². The molecule has 1 aromatic heterocycles. The molecule has 218 valence electrons. The Morgan fingerprint density at radius 3 is 2.38 bits per heavy atom. The number of ether oxygens (including phenoxy) is 1. The number of rotatable bonds is 8. The molecule has 3 aromatic carbocycles. The summed E-state index contributed by atoms with van der Waals surface area (Å²) in [5.74, 6) is -1.39. The number of halogens is 4. The fraction of sp³-hybridized carbons (Fsp3) is 0.258.